The summed E-state index contributed by atoms with van der Waals surface area (Å²) in [6.07, 6.45) is 4.43. The number of aromatic hydroxyl groups is 1. The Labute approximate surface area is 177 Å². The van der Waals surface area contributed by atoms with E-state index in [0.717, 1.165) is 37.8 Å². The van der Waals surface area contributed by atoms with Crippen molar-refractivity contribution in [2.24, 2.45) is 5.92 Å². The normalized spacial score (nSPS) is 14.6. The lowest BCUT2D eigenvalue weighted by molar-refractivity contribution is -0.120. The first-order valence-corrected chi connectivity index (χ1v) is 10.9. The van der Waals surface area contributed by atoms with Crippen molar-refractivity contribution in [2.45, 2.75) is 71.8 Å². The van der Waals surface area contributed by atoms with E-state index in [4.69, 9.17) is 0 Å². The molecular formula is C23H32N4O3. The van der Waals surface area contributed by atoms with Gasteiger partial charge in [-0.15, -0.1) is 0 Å². The third kappa shape index (κ3) is 4.83. The molecule has 1 aliphatic rings. The Bertz CT molecular complexity index is 913. The Morgan fingerprint density at radius 2 is 1.87 bits per heavy atom. The Hall–Kier alpha value is -2.83. The van der Waals surface area contributed by atoms with E-state index in [1.807, 2.05) is 33.8 Å². The van der Waals surface area contributed by atoms with Crippen LogP contribution in [0.5, 0.6) is 5.75 Å². The fourth-order valence-electron chi connectivity index (χ4n) is 3.46. The molecule has 0 spiro atoms. The van der Waals surface area contributed by atoms with E-state index in [9.17, 15) is 14.7 Å². The van der Waals surface area contributed by atoms with Crippen molar-refractivity contribution in [3.63, 3.8) is 0 Å². The summed E-state index contributed by atoms with van der Waals surface area (Å²) in [5.74, 6) is 0.291. The van der Waals surface area contributed by atoms with Gasteiger partial charge in [0.2, 0.25) is 5.91 Å². The smallest absolute Gasteiger partial charge is 0.342 e. The maximum atomic E-state index is 12.7. The fraction of sp³-hybridized carbons (Fsp3) is 0.522. The molecular weight excluding hydrogens is 380 g/mol. The summed E-state index contributed by atoms with van der Waals surface area (Å²) in [6, 6.07) is 6.60. The van der Waals surface area contributed by atoms with Crippen LogP contribution in [-0.2, 0) is 4.79 Å². The van der Waals surface area contributed by atoms with Gasteiger partial charge in [0.25, 0.3) is 0 Å². The van der Waals surface area contributed by atoms with E-state index in [2.05, 4.69) is 15.7 Å². The van der Waals surface area contributed by atoms with Gasteiger partial charge in [0, 0.05) is 29.1 Å². The molecule has 1 unspecified atom stereocenters. The summed E-state index contributed by atoms with van der Waals surface area (Å²) >= 11 is 0. The SMILES string of the molecule is CCC(C)NC(=O)n1nc(-c2cc(NC(=O)C(CC)CC)ccc2O)cc1C1CC1. The number of carbonyl (C=O) groups excluding carboxylic acids is 2. The summed E-state index contributed by atoms with van der Waals surface area (Å²) in [4.78, 5) is 25.2. The number of phenols is 1. The first kappa shape index (κ1) is 21.9. The minimum Gasteiger partial charge on any atom is -0.507 e. The van der Waals surface area contributed by atoms with Crippen LogP contribution in [0.15, 0.2) is 24.3 Å². The fourth-order valence-corrected chi connectivity index (χ4v) is 3.46. The van der Waals surface area contributed by atoms with Gasteiger partial charge in [0.05, 0.1) is 11.4 Å². The number of phenolic OH excluding ortho intramolecular Hbond substituents is 1. The lowest BCUT2D eigenvalue weighted by Gasteiger charge is -2.14. The average molecular weight is 413 g/mol. The average Bonchev–Trinajstić information content (AvgIpc) is 3.48. The van der Waals surface area contributed by atoms with Crippen LogP contribution in [0.25, 0.3) is 11.3 Å². The van der Waals surface area contributed by atoms with Gasteiger partial charge in [0.1, 0.15) is 5.75 Å². The molecule has 1 atom stereocenters. The maximum Gasteiger partial charge on any atom is 0.342 e. The number of nitrogens with one attached hydrogen (secondary N) is 2. The van der Waals surface area contributed by atoms with Crippen molar-refractivity contribution in [3.8, 4) is 17.0 Å². The van der Waals surface area contributed by atoms with Gasteiger partial charge in [-0.1, -0.05) is 20.8 Å². The molecule has 3 rings (SSSR count). The van der Waals surface area contributed by atoms with E-state index >= 15 is 0 Å². The van der Waals surface area contributed by atoms with E-state index in [1.165, 1.54) is 4.68 Å². The first-order valence-electron chi connectivity index (χ1n) is 10.9. The number of carbonyl (C=O) groups is 2. The van der Waals surface area contributed by atoms with Crippen molar-refractivity contribution in [1.29, 1.82) is 0 Å². The van der Waals surface area contributed by atoms with Gasteiger partial charge in [-0.2, -0.15) is 9.78 Å². The zero-order valence-electron chi connectivity index (χ0n) is 18.2. The molecule has 1 aromatic heterocycles. The van der Waals surface area contributed by atoms with Crippen molar-refractivity contribution in [1.82, 2.24) is 15.1 Å². The zero-order chi connectivity index (χ0) is 21.8. The summed E-state index contributed by atoms with van der Waals surface area (Å²) in [5, 5.41) is 20.8. The Morgan fingerprint density at radius 1 is 1.17 bits per heavy atom. The van der Waals surface area contributed by atoms with E-state index in [0.29, 0.717) is 22.9 Å². The van der Waals surface area contributed by atoms with E-state index in [1.54, 1.807) is 18.2 Å². The second-order valence-corrected chi connectivity index (χ2v) is 8.13. The van der Waals surface area contributed by atoms with Crippen LogP contribution in [0.1, 0.15) is 71.4 Å². The largest absolute Gasteiger partial charge is 0.507 e. The van der Waals surface area contributed by atoms with Crippen LogP contribution in [-0.4, -0.2) is 32.9 Å². The van der Waals surface area contributed by atoms with Crippen LogP contribution in [0.3, 0.4) is 0 Å². The molecule has 1 aliphatic carbocycles. The van der Waals surface area contributed by atoms with Crippen LogP contribution < -0.4 is 10.6 Å². The third-order valence-electron chi connectivity index (χ3n) is 5.80. The number of rotatable bonds is 8. The van der Waals surface area contributed by atoms with Crippen LogP contribution in [0.4, 0.5) is 10.5 Å². The van der Waals surface area contributed by atoms with Gasteiger partial charge in [0.15, 0.2) is 0 Å². The molecule has 0 saturated heterocycles. The number of hydrogen-bond donors (Lipinski definition) is 3. The number of aromatic nitrogens is 2. The molecule has 162 valence electrons. The molecule has 1 saturated carbocycles. The molecule has 30 heavy (non-hydrogen) atoms. The number of amides is 2. The maximum absolute atomic E-state index is 12.7. The summed E-state index contributed by atoms with van der Waals surface area (Å²) in [6.45, 7) is 7.96. The molecule has 3 N–H and O–H groups in total. The van der Waals surface area contributed by atoms with Crippen LogP contribution >= 0.6 is 0 Å². The van der Waals surface area contributed by atoms with E-state index in [-0.39, 0.29) is 29.6 Å². The predicted molar refractivity (Wildman–Crippen MR) is 118 cm³/mol. The lowest BCUT2D eigenvalue weighted by atomic mass is 10.0. The number of benzene rings is 1. The van der Waals surface area contributed by atoms with Crippen molar-refractivity contribution in [3.05, 3.63) is 30.0 Å². The molecule has 1 aromatic carbocycles. The summed E-state index contributed by atoms with van der Waals surface area (Å²) in [5.41, 5.74) is 2.48. The molecule has 1 heterocycles. The highest BCUT2D eigenvalue weighted by Crippen LogP contribution is 2.42. The molecule has 1 fully saturated rings. The lowest BCUT2D eigenvalue weighted by Crippen LogP contribution is -2.36. The monoisotopic (exact) mass is 412 g/mol. The highest BCUT2D eigenvalue weighted by Gasteiger charge is 2.31. The molecule has 0 radical (unpaired) electrons. The summed E-state index contributed by atoms with van der Waals surface area (Å²) in [7, 11) is 0. The standard InChI is InChI=1S/C23H32N4O3/c1-5-14(4)24-23(30)27-20(16-8-9-16)13-19(26-27)18-12-17(10-11-21(18)28)25-22(29)15(6-2)7-3/h10-16,28H,5-9H2,1-4H3,(H,24,30)(H,25,29). The van der Waals surface area contributed by atoms with Crippen molar-refractivity contribution < 1.29 is 14.7 Å². The van der Waals surface area contributed by atoms with E-state index < -0.39 is 0 Å². The van der Waals surface area contributed by atoms with Crippen LogP contribution in [0, 0.1) is 5.92 Å². The van der Waals surface area contributed by atoms with Gasteiger partial charge in [-0.05, 0) is 63.3 Å². The molecule has 7 nitrogen and oxygen atoms in total. The van der Waals surface area contributed by atoms with Crippen molar-refractivity contribution in [2.75, 3.05) is 5.32 Å². The van der Waals surface area contributed by atoms with Crippen molar-refractivity contribution >= 4 is 17.6 Å². The highest BCUT2D eigenvalue weighted by molar-refractivity contribution is 5.93. The molecule has 7 heteroatoms. The predicted octanol–water partition coefficient (Wildman–Crippen LogP) is 4.86. The topological polar surface area (TPSA) is 96.3 Å². The molecule has 0 bridgehead atoms. The second kappa shape index (κ2) is 9.32. The summed E-state index contributed by atoms with van der Waals surface area (Å²) < 4.78 is 1.42. The molecule has 2 amide bonds. The number of anilines is 1. The molecule has 0 aliphatic heterocycles. The van der Waals surface area contributed by atoms with Gasteiger partial charge < -0.3 is 15.7 Å². The highest BCUT2D eigenvalue weighted by atomic mass is 16.3. The quantitative estimate of drug-likeness (QED) is 0.539. The Kier molecular flexibility index (Phi) is 6.80. The third-order valence-corrected chi connectivity index (χ3v) is 5.80. The second-order valence-electron chi connectivity index (χ2n) is 8.13. The minimum absolute atomic E-state index is 0.0335. The number of nitrogens with zero attached hydrogens (tertiary/aromatic N) is 2. The number of hydrogen-bond acceptors (Lipinski definition) is 4. The molecule has 2 aromatic rings. The Morgan fingerprint density at radius 3 is 2.47 bits per heavy atom. The first-order chi connectivity index (χ1) is 14.4. The van der Waals surface area contributed by atoms with Gasteiger partial charge >= 0.3 is 6.03 Å². The van der Waals surface area contributed by atoms with Gasteiger partial charge in [-0.3, -0.25) is 4.79 Å². The zero-order valence-corrected chi connectivity index (χ0v) is 18.2. The van der Waals surface area contributed by atoms with Gasteiger partial charge in [-0.25, -0.2) is 4.79 Å². The van der Waals surface area contributed by atoms with Crippen LogP contribution in [0.2, 0.25) is 0 Å². The minimum atomic E-state index is -0.254. The Balaban J connectivity index is 1.90.